The van der Waals surface area contributed by atoms with Crippen LogP contribution in [-0.4, -0.2) is 42.3 Å². The van der Waals surface area contributed by atoms with E-state index in [0.717, 1.165) is 5.56 Å². The summed E-state index contributed by atoms with van der Waals surface area (Å²) in [5.41, 5.74) is 1.44. The number of methoxy groups -OCH3 is 2. The highest BCUT2D eigenvalue weighted by molar-refractivity contribution is 5.84. The molecule has 3 aromatic rings. The van der Waals surface area contributed by atoms with Gasteiger partial charge in [-0.05, 0) is 35.4 Å². The van der Waals surface area contributed by atoms with Crippen molar-refractivity contribution in [2.75, 3.05) is 20.8 Å². The summed E-state index contributed by atoms with van der Waals surface area (Å²) in [6.45, 7) is -0.0511. The highest BCUT2D eigenvalue weighted by Crippen LogP contribution is 2.29. The summed E-state index contributed by atoms with van der Waals surface area (Å²) < 4.78 is 25.4. The molecule has 0 saturated carbocycles. The number of ether oxygens (including phenoxy) is 2. The molecule has 2 aromatic carbocycles. The van der Waals surface area contributed by atoms with E-state index in [2.05, 4.69) is 20.9 Å². The molecule has 9 nitrogen and oxygen atoms in total. The summed E-state index contributed by atoms with van der Waals surface area (Å²) in [7, 11) is 4.91. The van der Waals surface area contributed by atoms with E-state index in [4.69, 9.17) is 9.47 Å². The van der Waals surface area contributed by atoms with Gasteiger partial charge >= 0.3 is 6.03 Å². The van der Waals surface area contributed by atoms with Gasteiger partial charge in [-0.25, -0.2) is 14.2 Å². The molecule has 3 rings (SSSR count). The van der Waals surface area contributed by atoms with Crippen LogP contribution < -0.4 is 25.4 Å². The largest absolute Gasteiger partial charge is 0.497 e. The summed E-state index contributed by atoms with van der Waals surface area (Å²) in [6, 6.07) is 9.94. The van der Waals surface area contributed by atoms with Crippen molar-refractivity contribution < 1.29 is 23.5 Å². The molecule has 0 aliphatic carbocycles. The summed E-state index contributed by atoms with van der Waals surface area (Å²) >= 11 is 0. The van der Waals surface area contributed by atoms with Crippen LogP contribution >= 0.6 is 0 Å². The lowest BCUT2D eigenvalue weighted by molar-refractivity contribution is -0.120. The number of nitrogens with zero attached hydrogens (tertiary/aromatic N) is 2. The van der Waals surface area contributed by atoms with Crippen molar-refractivity contribution in [1.82, 2.24) is 25.5 Å². The Morgan fingerprint density at radius 2 is 1.73 bits per heavy atom. The number of rotatable bonds is 9. The first kappa shape index (κ1) is 23.6. The maximum atomic E-state index is 13.0. The van der Waals surface area contributed by atoms with Crippen LogP contribution in [0.3, 0.4) is 0 Å². The second kappa shape index (κ2) is 11.0. The Morgan fingerprint density at radius 1 is 1.06 bits per heavy atom. The molecule has 3 N–H and O–H groups in total. The molecule has 0 fully saturated rings. The molecule has 1 aromatic heterocycles. The number of hydrogen-bond acceptors (Lipinski definition) is 5. The Labute approximate surface area is 190 Å². The number of aromatic nitrogens is 2. The predicted molar refractivity (Wildman–Crippen MR) is 119 cm³/mol. The van der Waals surface area contributed by atoms with Crippen molar-refractivity contribution in [2.24, 2.45) is 7.05 Å². The molecule has 0 bridgehead atoms. The minimum Gasteiger partial charge on any atom is -0.497 e. The summed E-state index contributed by atoms with van der Waals surface area (Å²) in [4.78, 5) is 29.1. The summed E-state index contributed by atoms with van der Waals surface area (Å²) in [6.07, 6.45) is 3.40. The molecule has 33 heavy (non-hydrogen) atoms. The lowest BCUT2D eigenvalue weighted by atomic mass is 10.0. The average Bonchev–Trinajstić information content (AvgIpc) is 3.25. The third-order valence-corrected chi connectivity index (χ3v) is 4.90. The summed E-state index contributed by atoms with van der Waals surface area (Å²) in [5, 5.41) is 8.03. The van der Waals surface area contributed by atoms with Gasteiger partial charge in [0.15, 0.2) is 0 Å². The first-order valence-electron chi connectivity index (χ1n) is 10.1. The molecular formula is C23H26FN5O4. The maximum Gasteiger partial charge on any atom is 0.315 e. The van der Waals surface area contributed by atoms with Gasteiger partial charge in [0, 0.05) is 32.1 Å². The van der Waals surface area contributed by atoms with Crippen molar-refractivity contribution in [1.29, 1.82) is 0 Å². The van der Waals surface area contributed by atoms with Gasteiger partial charge in [0.1, 0.15) is 29.2 Å². The van der Waals surface area contributed by atoms with E-state index in [-0.39, 0.29) is 18.9 Å². The Bertz CT molecular complexity index is 1080. The van der Waals surface area contributed by atoms with Crippen LogP contribution in [0.2, 0.25) is 0 Å². The first-order valence-corrected chi connectivity index (χ1v) is 10.1. The fourth-order valence-electron chi connectivity index (χ4n) is 3.17. The lowest BCUT2D eigenvalue weighted by Crippen LogP contribution is -2.43. The molecule has 0 aliphatic rings. The van der Waals surface area contributed by atoms with Gasteiger partial charge in [-0.2, -0.15) is 0 Å². The molecule has 0 radical (unpaired) electrons. The number of hydrogen-bond donors (Lipinski definition) is 3. The normalized spacial score (nSPS) is 11.4. The summed E-state index contributed by atoms with van der Waals surface area (Å²) in [5.74, 6) is 0.962. The highest BCUT2D eigenvalue weighted by Gasteiger charge is 2.22. The number of halogens is 1. The van der Waals surface area contributed by atoms with Gasteiger partial charge in [0.05, 0.1) is 20.8 Å². The molecule has 174 valence electrons. The third-order valence-electron chi connectivity index (χ3n) is 4.90. The quantitative estimate of drug-likeness (QED) is 0.459. The molecule has 1 heterocycles. The standard InChI is InChI=1S/C23H26FN5O4/c1-29-9-8-25-22(29)21(16-10-18(32-2)12-19(11-16)33-3)28-20(30)14-27-23(31)26-13-15-4-6-17(24)7-5-15/h4-12,21H,13-14H2,1-3H3,(H,28,30)(H2,26,27,31). The minimum absolute atomic E-state index is 0.202. The Kier molecular flexibility index (Phi) is 7.85. The van der Waals surface area contributed by atoms with Crippen LogP contribution in [-0.2, 0) is 18.4 Å². The van der Waals surface area contributed by atoms with E-state index >= 15 is 0 Å². The number of nitrogens with one attached hydrogen (secondary N) is 3. The van der Waals surface area contributed by atoms with Crippen molar-refractivity contribution >= 4 is 11.9 Å². The van der Waals surface area contributed by atoms with Gasteiger partial charge in [-0.1, -0.05) is 12.1 Å². The van der Waals surface area contributed by atoms with Crippen molar-refractivity contribution in [2.45, 2.75) is 12.6 Å². The van der Waals surface area contributed by atoms with E-state index in [0.29, 0.717) is 22.9 Å². The molecule has 1 atom stereocenters. The number of benzene rings is 2. The van der Waals surface area contributed by atoms with Crippen LogP contribution in [0.25, 0.3) is 0 Å². The van der Waals surface area contributed by atoms with Gasteiger partial charge in [-0.15, -0.1) is 0 Å². The first-order chi connectivity index (χ1) is 15.9. The van der Waals surface area contributed by atoms with Crippen LogP contribution in [0.1, 0.15) is 23.0 Å². The van der Waals surface area contributed by atoms with Crippen LogP contribution in [0, 0.1) is 5.82 Å². The van der Waals surface area contributed by atoms with Gasteiger partial charge in [0.25, 0.3) is 0 Å². The molecular weight excluding hydrogens is 429 g/mol. The number of imidazole rings is 1. The second-order valence-corrected chi connectivity index (χ2v) is 7.21. The number of urea groups is 1. The zero-order valence-electron chi connectivity index (χ0n) is 18.6. The lowest BCUT2D eigenvalue weighted by Gasteiger charge is -2.20. The predicted octanol–water partition coefficient (Wildman–Crippen LogP) is 2.28. The Morgan fingerprint density at radius 3 is 2.30 bits per heavy atom. The fourth-order valence-corrected chi connectivity index (χ4v) is 3.17. The molecule has 3 amide bonds. The van der Waals surface area contributed by atoms with E-state index in [9.17, 15) is 14.0 Å². The van der Waals surface area contributed by atoms with Gasteiger partial charge in [-0.3, -0.25) is 4.79 Å². The van der Waals surface area contributed by atoms with Crippen LogP contribution in [0.15, 0.2) is 54.9 Å². The topological polar surface area (TPSA) is 107 Å². The number of amides is 3. The number of aryl methyl sites for hydroxylation is 1. The minimum atomic E-state index is -0.606. The second-order valence-electron chi connectivity index (χ2n) is 7.21. The van der Waals surface area contributed by atoms with E-state index in [1.807, 2.05) is 7.05 Å². The molecule has 0 saturated heterocycles. The SMILES string of the molecule is COc1cc(OC)cc(C(NC(=O)CNC(=O)NCc2ccc(F)cc2)c2nccn2C)c1. The van der Waals surface area contributed by atoms with Crippen LogP contribution in [0.4, 0.5) is 9.18 Å². The zero-order chi connectivity index (χ0) is 23.8. The van der Waals surface area contributed by atoms with Crippen molar-refractivity contribution in [3.8, 4) is 11.5 Å². The van der Waals surface area contributed by atoms with Gasteiger partial charge < -0.3 is 30.0 Å². The van der Waals surface area contributed by atoms with Crippen LogP contribution in [0.5, 0.6) is 11.5 Å². The van der Waals surface area contributed by atoms with E-state index < -0.39 is 18.0 Å². The van der Waals surface area contributed by atoms with Crippen molar-refractivity contribution in [3.63, 3.8) is 0 Å². The fraction of sp³-hybridized carbons (Fsp3) is 0.261. The zero-order valence-corrected chi connectivity index (χ0v) is 18.6. The Hall–Kier alpha value is -4.08. The smallest absolute Gasteiger partial charge is 0.315 e. The monoisotopic (exact) mass is 455 g/mol. The molecule has 10 heteroatoms. The van der Waals surface area contributed by atoms with Crippen molar-refractivity contribution in [3.05, 3.63) is 77.6 Å². The van der Waals surface area contributed by atoms with Gasteiger partial charge in [0.2, 0.25) is 5.91 Å². The van der Waals surface area contributed by atoms with E-state index in [1.165, 1.54) is 12.1 Å². The number of carbonyl (C=O) groups excluding carboxylic acids is 2. The Balaban J connectivity index is 1.65. The molecule has 1 unspecified atom stereocenters. The maximum absolute atomic E-state index is 13.0. The number of carbonyl (C=O) groups is 2. The molecule has 0 aliphatic heterocycles. The third kappa shape index (κ3) is 6.45. The average molecular weight is 455 g/mol. The van der Waals surface area contributed by atoms with E-state index in [1.54, 1.807) is 61.5 Å². The molecule has 0 spiro atoms. The highest BCUT2D eigenvalue weighted by atomic mass is 19.1.